The standard InChI is InChI=1S/C32H34N4O3S/c1-21-7-11-28(22(2)17-21)40-29-6-4-3-5-26(29)35-15-13-34(14-16-35)19-23-8-9-25-24(18-23)20-36(32(25)39)27-10-12-30(37)33-31(27)38/h3-9,11,17-18,27H,10,12-16,19-20H2,1-2H3,(H,33,37,38). The first-order chi connectivity index (χ1) is 19.4. The SMILES string of the molecule is Cc1ccc(Sc2ccccc2N2CCN(Cc3ccc4c(c3)CN(C3CCC(=O)NC3=O)C4=O)CC2)c(C)c1. The lowest BCUT2D eigenvalue weighted by atomic mass is 10.0. The molecule has 2 fully saturated rings. The summed E-state index contributed by atoms with van der Waals surface area (Å²) in [7, 11) is 0. The zero-order valence-corrected chi connectivity index (χ0v) is 23.8. The molecule has 3 aromatic carbocycles. The number of hydrogen-bond acceptors (Lipinski definition) is 6. The molecule has 206 valence electrons. The Morgan fingerprint density at radius 2 is 1.70 bits per heavy atom. The van der Waals surface area contributed by atoms with Gasteiger partial charge in [0.15, 0.2) is 0 Å². The molecule has 3 amide bonds. The predicted octanol–water partition coefficient (Wildman–Crippen LogP) is 4.54. The third kappa shape index (κ3) is 5.38. The molecule has 0 spiro atoms. The van der Waals surface area contributed by atoms with Gasteiger partial charge in [-0.15, -0.1) is 0 Å². The molecule has 1 atom stereocenters. The van der Waals surface area contributed by atoms with Crippen molar-refractivity contribution in [2.75, 3.05) is 31.1 Å². The number of carbonyl (C=O) groups is 3. The van der Waals surface area contributed by atoms with E-state index in [0.29, 0.717) is 18.5 Å². The van der Waals surface area contributed by atoms with Gasteiger partial charge < -0.3 is 9.80 Å². The van der Waals surface area contributed by atoms with E-state index in [0.717, 1.165) is 38.3 Å². The highest BCUT2D eigenvalue weighted by molar-refractivity contribution is 7.99. The lowest BCUT2D eigenvalue weighted by Gasteiger charge is -2.37. The summed E-state index contributed by atoms with van der Waals surface area (Å²) >= 11 is 1.84. The Hall–Kier alpha value is -3.62. The first-order valence-corrected chi connectivity index (χ1v) is 14.8. The maximum Gasteiger partial charge on any atom is 0.255 e. The van der Waals surface area contributed by atoms with Crippen LogP contribution in [-0.2, 0) is 22.7 Å². The fraction of sp³-hybridized carbons (Fsp3) is 0.344. The minimum atomic E-state index is -0.579. The quantitative estimate of drug-likeness (QED) is 0.451. The second-order valence-electron chi connectivity index (χ2n) is 11.0. The van der Waals surface area contributed by atoms with Gasteiger partial charge in [0.25, 0.3) is 5.91 Å². The average Bonchev–Trinajstić information content (AvgIpc) is 3.26. The molecule has 0 radical (unpaired) electrons. The highest BCUT2D eigenvalue weighted by atomic mass is 32.2. The Kier molecular flexibility index (Phi) is 7.38. The van der Waals surface area contributed by atoms with Crippen molar-refractivity contribution in [2.24, 2.45) is 0 Å². The fourth-order valence-electron chi connectivity index (χ4n) is 5.97. The van der Waals surface area contributed by atoms with Crippen LogP contribution in [0, 0.1) is 13.8 Å². The minimum absolute atomic E-state index is 0.123. The highest BCUT2D eigenvalue weighted by Crippen LogP contribution is 2.37. The molecule has 8 heteroatoms. The monoisotopic (exact) mass is 554 g/mol. The van der Waals surface area contributed by atoms with Crippen LogP contribution in [0.15, 0.2) is 70.5 Å². The molecule has 3 heterocycles. The van der Waals surface area contributed by atoms with Crippen LogP contribution in [0.25, 0.3) is 0 Å². The number of nitrogens with one attached hydrogen (secondary N) is 1. The molecule has 1 N–H and O–H groups in total. The summed E-state index contributed by atoms with van der Waals surface area (Å²) in [5, 5.41) is 2.37. The van der Waals surface area contributed by atoms with E-state index >= 15 is 0 Å². The summed E-state index contributed by atoms with van der Waals surface area (Å²) in [6.45, 7) is 9.38. The van der Waals surface area contributed by atoms with E-state index in [9.17, 15) is 14.4 Å². The summed E-state index contributed by atoms with van der Waals surface area (Å²) < 4.78 is 0. The van der Waals surface area contributed by atoms with Crippen LogP contribution in [-0.4, -0.2) is 59.7 Å². The number of amides is 3. The lowest BCUT2D eigenvalue weighted by Crippen LogP contribution is -2.52. The van der Waals surface area contributed by atoms with Gasteiger partial charge in [-0.05, 0) is 61.2 Å². The number of nitrogens with zero attached hydrogens (tertiary/aromatic N) is 3. The van der Waals surface area contributed by atoms with Crippen molar-refractivity contribution in [1.29, 1.82) is 0 Å². The number of imide groups is 1. The van der Waals surface area contributed by atoms with E-state index in [4.69, 9.17) is 0 Å². The van der Waals surface area contributed by atoms with E-state index in [1.165, 1.54) is 32.2 Å². The number of piperazine rings is 1. The molecule has 0 aliphatic carbocycles. The Balaban J connectivity index is 1.08. The summed E-state index contributed by atoms with van der Waals surface area (Å²) in [4.78, 5) is 46.0. The molecule has 6 rings (SSSR count). The fourth-order valence-corrected chi connectivity index (χ4v) is 7.01. The van der Waals surface area contributed by atoms with Gasteiger partial charge in [-0.2, -0.15) is 0 Å². The average molecular weight is 555 g/mol. The molecule has 40 heavy (non-hydrogen) atoms. The molecule has 3 aromatic rings. The number of benzene rings is 3. The zero-order valence-electron chi connectivity index (χ0n) is 23.0. The molecule has 0 aromatic heterocycles. The van der Waals surface area contributed by atoms with Crippen LogP contribution in [0.3, 0.4) is 0 Å². The van der Waals surface area contributed by atoms with Gasteiger partial charge >= 0.3 is 0 Å². The number of anilines is 1. The molecular formula is C32H34N4O3S. The number of hydrogen-bond donors (Lipinski definition) is 1. The second kappa shape index (κ2) is 11.1. The number of piperidine rings is 1. The smallest absolute Gasteiger partial charge is 0.255 e. The van der Waals surface area contributed by atoms with Gasteiger partial charge in [0.05, 0.1) is 5.69 Å². The van der Waals surface area contributed by atoms with E-state index in [1.54, 1.807) is 4.90 Å². The summed E-state index contributed by atoms with van der Waals surface area (Å²) in [5.74, 6) is -0.761. The van der Waals surface area contributed by atoms with Gasteiger partial charge in [0, 0.05) is 61.0 Å². The van der Waals surface area contributed by atoms with Crippen LogP contribution in [0.1, 0.15) is 45.5 Å². The van der Waals surface area contributed by atoms with Crippen molar-refractivity contribution in [1.82, 2.24) is 15.1 Å². The maximum absolute atomic E-state index is 13.0. The van der Waals surface area contributed by atoms with Gasteiger partial charge in [-0.3, -0.25) is 24.6 Å². The number of fused-ring (bicyclic) bond motifs is 1. The molecule has 7 nitrogen and oxygen atoms in total. The molecule has 2 saturated heterocycles. The van der Waals surface area contributed by atoms with Crippen molar-refractivity contribution in [3.63, 3.8) is 0 Å². The maximum atomic E-state index is 13.0. The van der Waals surface area contributed by atoms with Gasteiger partial charge in [0.2, 0.25) is 11.8 Å². The molecule has 1 unspecified atom stereocenters. The van der Waals surface area contributed by atoms with E-state index in [2.05, 4.69) is 77.5 Å². The topological polar surface area (TPSA) is 73.0 Å². The zero-order chi connectivity index (χ0) is 27.8. The third-order valence-electron chi connectivity index (χ3n) is 8.12. The predicted molar refractivity (Wildman–Crippen MR) is 156 cm³/mol. The summed E-state index contributed by atoms with van der Waals surface area (Å²) in [6.07, 6.45) is 0.649. The van der Waals surface area contributed by atoms with Gasteiger partial charge in [-0.1, -0.05) is 53.7 Å². The Morgan fingerprint density at radius 3 is 2.48 bits per heavy atom. The second-order valence-corrected chi connectivity index (χ2v) is 12.1. The van der Waals surface area contributed by atoms with Crippen molar-refractivity contribution in [3.8, 4) is 0 Å². The number of rotatable bonds is 6. The molecule has 0 saturated carbocycles. The Morgan fingerprint density at radius 1 is 0.900 bits per heavy atom. The largest absolute Gasteiger partial charge is 0.368 e. The highest BCUT2D eigenvalue weighted by Gasteiger charge is 2.39. The molecule has 3 aliphatic heterocycles. The lowest BCUT2D eigenvalue weighted by molar-refractivity contribution is -0.136. The van der Waals surface area contributed by atoms with Crippen LogP contribution >= 0.6 is 11.8 Å². The van der Waals surface area contributed by atoms with Crippen molar-refractivity contribution < 1.29 is 14.4 Å². The van der Waals surface area contributed by atoms with Gasteiger partial charge in [0.1, 0.15) is 6.04 Å². The van der Waals surface area contributed by atoms with E-state index in [1.807, 2.05) is 23.9 Å². The number of para-hydroxylation sites is 1. The Bertz CT molecular complexity index is 1480. The first kappa shape index (κ1) is 26.6. The van der Waals surface area contributed by atoms with Gasteiger partial charge in [-0.25, -0.2) is 0 Å². The van der Waals surface area contributed by atoms with Crippen LogP contribution in [0.2, 0.25) is 0 Å². The van der Waals surface area contributed by atoms with E-state index in [-0.39, 0.29) is 24.1 Å². The third-order valence-corrected chi connectivity index (χ3v) is 9.37. The van der Waals surface area contributed by atoms with Crippen LogP contribution in [0.4, 0.5) is 5.69 Å². The van der Waals surface area contributed by atoms with Crippen LogP contribution < -0.4 is 10.2 Å². The normalized spacial score (nSPS) is 19.6. The molecular weight excluding hydrogens is 520 g/mol. The first-order valence-electron chi connectivity index (χ1n) is 13.9. The molecule has 0 bridgehead atoms. The van der Waals surface area contributed by atoms with E-state index < -0.39 is 6.04 Å². The minimum Gasteiger partial charge on any atom is -0.368 e. The number of aryl methyl sites for hydroxylation is 2. The summed E-state index contributed by atoms with van der Waals surface area (Å²) in [6, 6.07) is 20.8. The number of carbonyl (C=O) groups excluding carboxylic acids is 3. The Labute approximate surface area is 239 Å². The molecule has 3 aliphatic rings. The summed E-state index contributed by atoms with van der Waals surface area (Å²) in [5.41, 5.74) is 6.68. The van der Waals surface area contributed by atoms with Crippen molar-refractivity contribution in [2.45, 2.75) is 55.6 Å². The van der Waals surface area contributed by atoms with Crippen LogP contribution in [0.5, 0.6) is 0 Å². The van der Waals surface area contributed by atoms with Crippen molar-refractivity contribution in [3.05, 3.63) is 88.5 Å². The van der Waals surface area contributed by atoms with Crippen molar-refractivity contribution >= 4 is 35.2 Å².